The minimum atomic E-state index is 0.190. The van der Waals surface area contributed by atoms with Gasteiger partial charge in [-0.1, -0.05) is 32.9 Å². The van der Waals surface area contributed by atoms with E-state index in [1.54, 1.807) is 12.5 Å². The molecule has 0 radical (unpaired) electrons. The van der Waals surface area contributed by atoms with Crippen molar-refractivity contribution in [1.29, 1.82) is 0 Å². The summed E-state index contributed by atoms with van der Waals surface area (Å²) in [6, 6.07) is 8.35. The van der Waals surface area contributed by atoms with Crippen LogP contribution in [0.15, 0.2) is 41.1 Å². The number of hydrogen-bond donors (Lipinski definition) is 0. The Morgan fingerprint density at radius 1 is 1.07 bits per heavy atom. The van der Waals surface area contributed by atoms with Crippen molar-refractivity contribution in [3.63, 3.8) is 0 Å². The van der Waals surface area contributed by atoms with Gasteiger partial charge in [0.2, 0.25) is 5.89 Å². The van der Waals surface area contributed by atoms with Crippen LogP contribution in [0.4, 0.5) is 0 Å². The predicted octanol–water partition coefficient (Wildman–Crippen LogP) is 3.64. The average Bonchev–Trinajstić information content (AvgIpc) is 2.69. The van der Waals surface area contributed by atoms with E-state index in [9.17, 15) is 0 Å². The number of aromatic nitrogens is 1. The van der Waals surface area contributed by atoms with Gasteiger partial charge in [0, 0.05) is 5.56 Å². The van der Waals surface area contributed by atoms with Gasteiger partial charge in [-0.2, -0.15) is 0 Å². The fraction of sp³-hybridized carbons (Fsp3) is 0.308. The molecule has 2 aromatic rings. The Morgan fingerprint density at radius 3 is 2.20 bits per heavy atom. The number of nitrogens with zero attached hydrogens (tertiary/aromatic N) is 1. The molecule has 0 saturated heterocycles. The van der Waals surface area contributed by atoms with E-state index in [0.29, 0.717) is 5.89 Å². The molecule has 0 aliphatic rings. The lowest BCUT2D eigenvalue weighted by Gasteiger charge is -2.18. The van der Waals surface area contributed by atoms with Crippen LogP contribution in [-0.2, 0) is 5.41 Å². The van der Waals surface area contributed by atoms with Crippen molar-refractivity contribution in [3.8, 4) is 11.5 Å². The maximum atomic E-state index is 5.23. The third-order valence-corrected chi connectivity index (χ3v) is 2.43. The van der Waals surface area contributed by atoms with Crippen LogP contribution >= 0.6 is 0 Å². The highest BCUT2D eigenvalue weighted by Gasteiger charge is 2.13. The summed E-state index contributed by atoms with van der Waals surface area (Å²) in [5, 5.41) is 0. The normalized spacial score (nSPS) is 11.7. The highest BCUT2D eigenvalue weighted by atomic mass is 16.3. The van der Waals surface area contributed by atoms with Gasteiger partial charge >= 0.3 is 0 Å². The molecule has 0 amide bonds. The van der Waals surface area contributed by atoms with Crippen molar-refractivity contribution >= 4 is 0 Å². The van der Waals surface area contributed by atoms with Gasteiger partial charge in [-0.25, -0.2) is 4.98 Å². The van der Waals surface area contributed by atoms with Crippen LogP contribution in [0, 0.1) is 0 Å². The van der Waals surface area contributed by atoms with Crippen molar-refractivity contribution in [2.75, 3.05) is 0 Å². The summed E-state index contributed by atoms with van der Waals surface area (Å²) in [6.07, 6.45) is 3.25. The number of rotatable bonds is 1. The molecule has 1 aromatic carbocycles. The summed E-state index contributed by atoms with van der Waals surface area (Å²) < 4.78 is 5.23. The molecule has 2 heteroatoms. The number of benzene rings is 1. The smallest absolute Gasteiger partial charge is 0.225 e. The molecule has 15 heavy (non-hydrogen) atoms. The molecule has 1 heterocycles. The minimum absolute atomic E-state index is 0.190. The Morgan fingerprint density at radius 2 is 1.73 bits per heavy atom. The van der Waals surface area contributed by atoms with Gasteiger partial charge in [0.25, 0.3) is 0 Å². The fourth-order valence-electron chi connectivity index (χ4n) is 1.48. The van der Waals surface area contributed by atoms with Crippen LogP contribution in [0.3, 0.4) is 0 Å². The molecule has 0 unspecified atom stereocenters. The molecule has 2 nitrogen and oxygen atoms in total. The Labute approximate surface area is 90.0 Å². The van der Waals surface area contributed by atoms with E-state index >= 15 is 0 Å². The number of oxazole rings is 1. The Kier molecular flexibility index (Phi) is 2.35. The lowest BCUT2D eigenvalue weighted by molar-refractivity contribution is 0.573. The summed E-state index contributed by atoms with van der Waals surface area (Å²) in [4.78, 5) is 4.11. The Bertz CT molecular complexity index is 421. The van der Waals surface area contributed by atoms with Crippen LogP contribution in [0.1, 0.15) is 26.3 Å². The van der Waals surface area contributed by atoms with Crippen molar-refractivity contribution in [2.24, 2.45) is 0 Å². The van der Waals surface area contributed by atoms with Gasteiger partial charge in [0.15, 0.2) is 0 Å². The average molecular weight is 201 g/mol. The van der Waals surface area contributed by atoms with Crippen molar-refractivity contribution < 1.29 is 4.42 Å². The van der Waals surface area contributed by atoms with E-state index in [4.69, 9.17) is 4.42 Å². The van der Waals surface area contributed by atoms with Crippen LogP contribution in [0.2, 0.25) is 0 Å². The second-order valence-corrected chi connectivity index (χ2v) is 4.66. The lowest BCUT2D eigenvalue weighted by Crippen LogP contribution is -2.10. The first-order valence-corrected chi connectivity index (χ1v) is 5.08. The van der Waals surface area contributed by atoms with Crippen molar-refractivity contribution in [3.05, 3.63) is 42.3 Å². The molecule has 0 spiro atoms. The largest absolute Gasteiger partial charge is 0.445 e. The van der Waals surface area contributed by atoms with Crippen molar-refractivity contribution in [2.45, 2.75) is 26.2 Å². The summed E-state index contributed by atoms with van der Waals surface area (Å²) in [6.45, 7) is 6.60. The second kappa shape index (κ2) is 3.54. The summed E-state index contributed by atoms with van der Waals surface area (Å²) in [7, 11) is 0. The van der Waals surface area contributed by atoms with E-state index in [0.717, 1.165) is 5.56 Å². The van der Waals surface area contributed by atoms with Gasteiger partial charge in [0.05, 0.1) is 6.20 Å². The van der Waals surface area contributed by atoms with Gasteiger partial charge in [0.1, 0.15) is 6.26 Å². The second-order valence-electron chi connectivity index (χ2n) is 4.66. The topological polar surface area (TPSA) is 26.0 Å². The van der Waals surface area contributed by atoms with E-state index in [1.807, 2.05) is 12.1 Å². The summed E-state index contributed by atoms with van der Waals surface area (Å²) in [5.41, 5.74) is 2.53. The first-order chi connectivity index (χ1) is 7.07. The van der Waals surface area contributed by atoms with E-state index in [2.05, 4.69) is 37.9 Å². The molecule has 0 bridgehead atoms. The van der Waals surface area contributed by atoms with Crippen molar-refractivity contribution in [1.82, 2.24) is 4.98 Å². The third-order valence-electron chi connectivity index (χ3n) is 2.43. The zero-order valence-electron chi connectivity index (χ0n) is 9.32. The first-order valence-electron chi connectivity index (χ1n) is 5.08. The molecule has 0 N–H and O–H groups in total. The highest BCUT2D eigenvalue weighted by Crippen LogP contribution is 2.25. The maximum absolute atomic E-state index is 5.23. The molecule has 0 aliphatic carbocycles. The Balaban J connectivity index is 2.33. The van der Waals surface area contributed by atoms with E-state index < -0.39 is 0 Å². The van der Waals surface area contributed by atoms with Gasteiger partial charge in [-0.05, 0) is 23.1 Å². The lowest BCUT2D eigenvalue weighted by atomic mass is 9.87. The zero-order valence-corrected chi connectivity index (χ0v) is 9.32. The monoisotopic (exact) mass is 201 g/mol. The summed E-state index contributed by atoms with van der Waals surface area (Å²) in [5.74, 6) is 0.676. The summed E-state index contributed by atoms with van der Waals surface area (Å²) >= 11 is 0. The molecular weight excluding hydrogens is 186 g/mol. The fourth-order valence-corrected chi connectivity index (χ4v) is 1.48. The van der Waals surface area contributed by atoms with Gasteiger partial charge in [-0.15, -0.1) is 0 Å². The minimum Gasteiger partial charge on any atom is -0.445 e. The van der Waals surface area contributed by atoms with E-state index in [-0.39, 0.29) is 5.41 Å². The molecule has 0 fully saturated rings. The molecule has 0 saturated carbocycles. The van der Waals surface area contributed by atoms with Crippen LogP contribution in [0.25, 0.3) is 11.5 Å². The Hall–Kier alpha value is -1.57. The molecule has 78 valence electrons. The van der Waals surface area contributed by atoms with Gasteiger partial charge in [-0.3, -0.25) is 0 Å². The number of hydrogen-bond acceptors (Lipinski definition) is 2. The SMILES string of the molecule is CC(C)(C)c1ccc(-c2ncco2)cc1. The van der Waals surface area contributed by atoms with Crippen LogP contribution in [-0.4, -0.2) is 4.98 Å². The van der Waals surface area contributed by atoms with E-state index in [1.165, 1.54) is 5.56 Å². The maximum Gasteiger partial charge on any atom is 0.225 e. The molecule has 1 aromatic heterocycles. The molecule has 0 atom stereocenters. The van der Waals surface area contributed by atoms with Crippen LogP contribution < -0.4 is 0 Å². The third kappa shape index (κ3) is 2.09. The molecule has 0 aliphatic heterocycles. The van der Waals surface area contributed by atoms with Crippen LogP contribution in [0.5, 0.6) is 0 Å². The predicted molar refractivity (Wildman–Crippen MR) is 60.6 cm³/mol. The first kappa shape index (κ1) is 9.97. The quantitative estimate of drug-likeness (QED) is 0.704. The molecule has 2 rings (SSSR count). The van der Waals surface area contributed by atoms with Gasteiger partial charge < -0.3 is 4.42 Å². The zero-order chi connectivity index (χ0) is 10.9. The standard InChI is InChI=1S/C13H15NO/c1-13(2,3)11-6-4-10(5-7-11)12-14-8-9-15-12/h4-9H,1-3H3. The highest BCUT2D eigenvalue weighted by molar-refractivity contribution is 5.53. The molecular formula is C13H15NO.